The number of rotatable bonds is 5. The maximum atomic E-state index is 12.3. The number of aryl methyl sites for hydroxylation is 1. The van der Waals surface area contributed by atoms with E-state index in [2.05, 4.69) is 34.1 Å². The summed E-state index contributed by atoms with van der Waals surface area (Å²) in [6.07, 6.45) is 6.50. The van der Waals surface area contributed by atoms with E-state index in [1.807, 2.05) is 7.05 Å². The monoisotopic (exact) mass is 293 g/mol. The third-order valence-electron chi connectivity index (χ3n) is 4.07. The molecule has 1 unspecified atom stereocenters. The molecular weight excluding hydrogens is 266 g/mol. The molecule has 0 aliphatic carbocycles. The summed E-state index contributed by atoms with van der Waals surface area (Å²) in [5.41, 5.74) is 0. The van der Waals surface area contributed by atoms with Gasteiger partial charge in [0.15, 0.2) is 0 Å². The highest BCUT2D eigenvalue weighted by Crippen LogP contribution is 2.19. The molecule has 1 saturated heterocycles. The molecule has 21 heavy (non-hydrogen) atoms. The molecule has 1 N–H and O–H groups in total. The van der Waals surface area contributed by atoms with E-state index in [1.54, 1.807) is 4.68 Å². The molecule has 0 radical (unpaired) electrons. The first-order valence-electron chi connectivity index (χ1n) is 7.93. The standard InChI is InChI=1S/C15H27N5O/c1-12(2)14(15-16-11-17-19(15)3)18-13(21)10-20-8-6-4-5-7-9-20/h11-12,14H,4-10H2,1-3H3,(H,18,21). The summed E-state index contributed by atoms with van der Waals surface area (Å²) >= 11 is 0. The smallest absolute Gasteiger partial charge is 0.234 e. The lowest BCUT2D eigenvalue weighted by molar-refractivity contribution is -0.123. The predicted octanol–water partition coefficient (Wildman–Crippen LogP) is 1.50. The van der Waals surface area contributed by atoms with E-state index in [1.165, 1.54) is 32.0 Å². The lowest BCUT2D eigenvalue weighted by atomic mass is 10.0. The summed E-state index contributed by atoms with van der Waals surface area (Å²) in [5, 5.41) is 7.22. The molecule has 0 bridgehead atoms. The highest BCUT2D eigenvalue weighted by atomic mass is 16.2. The summed E-state index contributed by atoms with van der Waals surface area (Å²) in [7, 11) is 1.86. The fourth-order valence-electron chi connectivity index (χ4n) is 2.83. The van der Waals surface area contributed by atoms with Crippen LogP contribution in [0.1, 0.15) is 51.4 Å². The molecule has 2 heterocycles. The Morgan fingerprint density at radius 2 is 1.95 bits per heavy atom. The average Bonchev–Trinajstić information content (AvgIpc) is 2.69. The Labute approximate surface area is 126 Å². The average molecular weight is 293 g/mol. The normalized spacial score (nSPS) is 18.5. The molecule has 1 atom stereocenters. The molecule has 1 aromatic rings. The van der Waals surface area contributed by atoms with Crippen LogP contribution in [0.4, 0.5) is 0 Å². The minimum absolute atomic E-state index is 0.0820. The van der Waals surface area contributed by atoms with Gasteiger partial charge in [0.05, 0.1) is 12.6 Å². The van der Waals surface area contributed by atoms with Crippen molar-refractivity contribution >= 4 is 5.91 Å². The third-order valence-corrected chi connectivity index (χ3v) is 4.07. The Balaban J connectivity index is 1.94. The molecule has 6 heteroatoms. The minimum atomic E-state index is -0.0861. The quantitative estimate of drug-likeness (QED) is 0.894. The van der Waals surface area contributed by atoms with Gasteiger partial charge in [-0.1, -0.05) is 26.7 Å². The molecule has 0 saturated carbocycles. The molecule has 1 aromatic heterocycles. The van der Waals surface area contributed by atoms with E-state index in [4.69, 9.17) is 0 Å². The minimum Gasteiger partial charge on any atom is -0.345 e. The van der Waals surface area contributed by atoms with Crippen LogP contribution in [0.15, 0.2) is 6.33 Å². The van der Waals surface area contributed by atoms with Gasteiger partial charge in [0.2, 0.25) is 5.91 Å². The van der Waals surface area contributed by atoms with Crippen LogP contribution in [0.25, 0.3) is 0 Å². The van der Waals surface area contributed by atoms with Gasteiger partial charge in [0, 0.05) is 7.05 Å². The number of nitrogens with zero attached hydrogens (tertiary/aromatic N) is 4. The molecule has 1 aliphatic rings. The third kappa shape index (κ3) is 4.52. The van der Waals surface area contributed by atoms with Gasteiger partial charge in [-0.2, -0.15) is 5.10 Å². The van der Waals surface area contributed by atoms with Crippen molar-refractivity contribution in [3.63, 3.8) is 0 Å². The van der Waals surface area contributed by atoms with E-state index in [0.29, 0.717) is 6.54 Å². The zero-order valence-corrected chi connectivity index (χ0v) is 13.4. The van der Waals surface area contributed by atoms with Crippen LogP contribution in [0.2, 0.25) is 0 Å². The van der Waals surface area contributed by atoms with Crippen molar-refractivity contribution < 1.29 is 4.79 Å². The molecule has 1 fully saturated rings. The molecule has 6 nitrogen and oxygen atoms in total. The van der Waals surface area contributed by atoms with Gasteiger partial charge in [-0.05, 0) is 31.8 Å². The number of hydrogen-bond donors (Lipinski definition) is 1. The SMILES string of the molecule is CC(C)C(NC(=O)CN1CCCCCC1)c1ncnn1C. The summed E-state index contributed by atoms with van der Waals surface area (Å²) < 4.78 is 1.73. The van der Waals surface area contributed by atoms with Gasteiger partial charge in [-0.15, -0.1) is 0 Å². The van der Waals surface area contributed by atoms with Crippen molar-refractivity contribution in [1.29, 1.82) is 0 Å². The number of amides is 1. The highest BCUT2D eigenvalue weighted by molar-refractivity contribution is 5.78. The fraction of sp³-hybridized carbons (Fsp3) is 0.800. The first kappa shape index (κ1) is 15.9. The highest BCUT2D eigenvalue weighted by Gasteiger charge is 2.23. The number of carbonyl (C=O) groups is 1. The molecule has 1 aliphatic heterocycles. The maximum Gasteiger partial charge on any atom is 0.234 e. The number of aromatic nitrogens is 3. The summed E-state index contributed by atoms with van der Waals surface area (Å²) in [6.45, 7) is 6.73. The second-order valence-electron chi connectivity index (χ2n) is 6.22. The van der Waals surface area contributed by atoms with Crippen molar-refractivity contribution in [2.75, 3.05) is 19.6 Å². The molecule has 2 rings (SSSR count). The predicted molar refractivity (Wildman–Crippen MR) is 81.6 cm³/mol. The topological polar surface area (TPSA) is 63.1 Å². The molecule has 0 spiro atoms. The Bertz CT molecular complexity index is 449. The zero-order valence-electron chi connectivity index (χ0n) is 13.4. The van der Waals surface area contributed by atoms with Crippen molar-refractivity contribution in [2.45, 2.75) is 45.6 Å². The fourth-order valence-corrected chi connectivity index (χ4v) is 2.83. The Morgan fingerprint density at radius 3 is 2.48 bits per heavy atom. The van der Waals surface area contributed by atoms with E-state index in [0.717, 1.165) is 18.9 Å². The van der Waals surface area contributed by atoms with E-state index < -0.39 is 0 Å². The van der Waals surface area contributed by atoms with Gasteiger partial charge in [-0.25, -0.2) is 4.98 Å². The van der Waals surface area contributed by atoms with Gasteiger partial charge in [0.25, 0.3) is 0 Å². The van der Waals surface area contributed by atoms with Crippen molar-refractivity contribution in [1.82, 2.24) is 25.0 Å². The van der Waals surface area contributed by atoms with E-state index in [-0.39, 0.29) is 17.9 Å². The Hall–Kier alpha value is -1.43. The van der Waals surface area contributed by atoms with Crippen molar-refractivity contribution in [2.24, 2.45) is 13.0 Å². The second-order valence-corrected chi connectivity index (χ2v) is 6.22. The lowest BCUT2D eigenvalue weighted by Crippen LogP contribution is -2.41. The maximum absolute atomic E-state index is 12.3. The van der Waals surface area contributed by atoms with Gasteiger partial charge < -0.3 is 5.32 Å². The van der Waals surface area contributed by atoms with Gasteiger partial charge >= 0.3 is 0 Å². The van der Waals surface area contributed by atoms with Crippen molar-refractivity contribution in [3.05, 3.63) is 12.2 Å². The Morgan fingerprint density at radius 1 is 1.29 bits per heavy atom. The number of likely N-dealkylation sites (tertiary alicyclic amines) is 1. The first-order chi connectivity index (χ1) is 10.1. The largest absolute Gasteiger partial charge is 0.345 e. The lowest BCUT2D eigenvalue weighted by Gasteiger charge is -2.24. The van der Waals surface area contributed by atoms with Gasteiger partial charge in [0.1, 0.15) is 12.2 Å². The molecule has 0 aromatic carbocycles. The molecule has 1 amide bonds. The summed E-state index contributed by atoms with van der Waals surface area (Å²) in [4.78, 5) is 18.9. The van der Waals surface area contributed by atoms with Crippen molar-refractivity contribution in [3.8, 4) is 0 Å². The van der Waals surface area contributed by atoms with E-state index >= 15 is 0 Å². The van der Waals surface area contributed by atoms with Crippen LogP contribution < -0.4 is 5.32 Å². The van der Waals surface area contributed by atoms with E-state index in [9.17, 15) is 4.79 Å². The molecule has 118 valence electrons. The van der Waals surface area contributed by atoms with Crippen LogP contribution in [0.3, 0.4) is 0 Å². The number of carbonyl (C=O) groups excluding carboxylic acids is 1. The molecular formula is C15H27N5O. The van der Waals surface area contributed by atoms with Crippen LogP contribution in [-0.2, 0) is 11.8 Å². The first-order valence-corrected chi connectivity index (χ1v) is 7.93. The van der Waals surface area contributed by atoms with Crippen LogP contribution in [0, 0.1) is 5.92 Å². The number of hydrogen-bond acceptors (Lipinski definition) is 4. The zero-order chi connectivity index (χ0) is 15.2. The number of nitrogens with one attached hydrogen (secondary N) is 1. The Kier molecular flexibility index (Phi) is 5.73. The second kappa shape index (κ2) is 7.54. The summed E-state index contributed by atoms with van der Waals surface area (Å²) in [6, 6.07) is -0.0861. The van der Waals surface area contributed by atoms with Crippen LogP contribution in [-0.4, -0.2) is 45.2 Å². The van der Waals surface area contributed by atoms with Gasteiger partial charge in [-0.3, -0.25) is 14.4 Å². The summed E-state index contributed by atoms with van der Waals surface area (Å²) in [5.74, 6) is 1.17. The van der Waals surface area contributed by atoms with Crippen LogP contribution in [0.5, 0.6) is 0 Å². The van der Waals surface area contributed by atoms with Crippen LogP contribution >= 0.6 is 0 Å².